The molecule has 1 aliphatic heterocycles. The second kappa shape index (κ2) is 8.45. The van der Waals surface area contributed by atoms with E-state index in [0.29, 0.717) is 30.1 Å². The number of nitrogens with zero attached hydrogens (tertiary/aromatic N) is 3. The van der Waals surface area contributed by atoms with Crippen LogP contribution in [0.4, 0.5) is 10.1 Å². The Labute approximate surface area is 184 Å². The van der Waals surface area contributed by atoms with E-state index in [-0.39, 0.29) is 9.90 Å². The van der Waals surface area contributed by atoms with Gasteiger partial charge < -0.3 is 5.32 Å². The van der Waals surface area contributed by atoms with E-state index in [1.54, 1.807) is 18.2 Å². The first kappa shape index (κ1) is 21.5. The molecule has 1 N–H and O–H groups in total. The van der Waals surface area contributed by atoms with Gasteiger partial charge in [-0.3, -0.25) is 4.79 Å². The van der Waals surface area contributed by atoms with Crippen LogP contribution in [0.3, 0.4) is 0 Å². The molecule has 162 valence electrons. The quantitative estimate of drug-likeness (QED) is 0.620. The molecular formula is C21H21FN4O3S2. The monoisotopic (exact) mass is 460 g/mol. The van der Waals surface area contributed by atoms with Gasteiger partial charge in [0.25, 0.3) is 5.91 Å². The fraction of sp³-hybridized carbons (Fsp3) is 0.286. The molecule has 1 saturated heterocycles. The van der Waals surface area contributed by atoms with Crippen molar-refractivity contribution < 1.29 is 17.6 Å². The van der Waals surface area contributed by atoms with Crippen molar-refractivity contribution in [2.75, 3.05) is 11.9 Å². The minimum Gasteiger partial charge on any atom is -0.320 e. The second-order valence-electron chi connectivity index (χ2n) is 7.43. The number of amides is 1. The Bertz CT molecular complexity index is 1230. The van der Waals surface area contributed by atoms with E-state index >= 15 is 0 Å². The van der Waals surface area contributed by atoms with E-state index in [4.69, 9.17) is 0 Å². The van der Waals surface area contributed by atoms with Crippen molar-refractivity contribution in [3.63, 3.8) is 0 Å². The maximum absolute atomic E-state index is 13.3. The third kappa shape index (κ3) is 4.36. The van der Waals surface area contributed by atoms with Crippen molar-refractivity contribution in [2.45, 2.75) is 37.6 Å². The highest BCUT2D eigenvalue weighted by Crippen LogP contribution is 2.38. The smallest absolute Gasteiger partial charge is 0.286 e. The summed E-state index contributed by atoms with van der Waals surface area (Å²) in [5, 5.41) is 11.3. The third-order valence-electron chi connectivity index (χ3n) is 5.31. The molecular weight excluding hydrogens is 439 g/mol. The van der Waals surface area contributed by atoms with Crippen molar-refractivity contribution in [3.05, 3.63) is 69.4 Å². The first-order chi connectivity index (χ1) is 14.8. The van der Waals surface area contributed by atoms with Crippen LogP contribution in [0.25, 0.3) is 0 Å². The molecule has 2 heterocycles. The van der Waals surface area contributed by atoms with Gasteiger partial charge >= 0.3 is 0 Å². The molecule has 31 heavy (non-hydrogen) atoms. The zero-order valence-corrected chi connectivity index (χ0v) is 18.6. The van der Waals surface area contributed by atoms with Gasteiger partial charge in [0.05, 0.1) is 10.9 Å². The average molecular weight is 461 g/mol. The number of aryl methyl sites for hydroxylation is 2. The molecule has 3 aromatic rings. The lowest BCUT2D eigenvalue weighted by atomic mass is 10.1. The highest BCUT2D eigenvalue weighted by molar-refractivity contribution is 7.89. The summed E-state index contributed by atoms with van der Waals surface area (Å²) in [5.74, 6) is -0.876. The van der Waals surface area contributed by atoms with Crippen LogP contribution in [0.2, 0.25) is 0 Å². The van der Waals surface area contributed by atoms with E-state index in [0.717, 1.165) is 22.5 Å². The Hall–Kier alpha value is -2.69. The molecule has 0 saturated carbocycles. The molecule has 1 atom stereocenters. The van der Waals surface area contributed by atoms with Gasteiger partial charge in [0.2, 0.25) is 15.0 Å². The molecule has 4 rings (SSSR count). The van der Waals surface area contributed by atoms with Crippen LogP contribution < -0.4 is 5.32 Å². The van der Waals surface area contributed by atoms with E-state index in [1.165, 1.54) is 28.6 Å². The van der Waals surface area contributed by atoms with Gasteiger partial charge in [-0.15, -0.1) is 10.2 Å². The molecule has 7 nitrogen and oxygen atoms in total. The standard InChI is InChI=1S/C21H21FN4O3S2/c1-13-5-10-17(12-14(13)2)31(28,29)26-11-3-4-18(26)20-24-25-21(30-20)19(27)23-16-8-6-15(22)7-9-16/h5-10,12,18H,3-4,11H2,1-2H3,(H,23,27)/t18-/m0/s1. The molecule has 1 aromatic heterocycles. The second-order valence-corrected chi connectivity index (χ2v) is 10.3. The van der Waals surface area contributed by atoms with Crippen LogP contribution in [0, 0.1) is 19.7 Å². The fourth-order valence-electron chi connectivity index (χ4n) is 3.46. The van der Waals surface area contributed by atoms with Gasteiger partial charge in [-0.1, -0.05) is 17.4 Å². The molecule has 0 spiro atoms. The highest BCUT2D eigenvalue weighted by atomic mass is 32.2. The number of rotatable bonds is 5. The molecule has 10 heteroatoms. The maximum Gasteiger partial charge on any atom is 0.286 e. The Balaban J connectivity index is 1.55. The predicted molar refractivity (Wildman–Crippen MR) is 116 cm³/mol. The number of sulfonamides is 1. The summed E-state index contributed by atoms with van der Waals surface area (Å²) < 4.78 is 41.0. The van der Waals surface area contributed by atoms with Crippen LogP contribution in [-0.4, -0.2) is 35.4 Å². The molecule has 2 aromatic carbocycles. The fourth-order valence-corrected chi connectivity index (χ4v) is 6.16. The van der Waals surface area contributed by atoms with Gasteiger partial charge in [0.1, 0.15) is 10.8 Å². The average Bonchev–Trinajstić information content (AvgIpc) is 3.41. The number of nitrogens with one attached hydrogen (secondary N) is 1. The Kier molecular flexibility index (Phi) is 5.87. The summed E-state index contributed by atoms with van der Waals surface area (Å²) in [7, 11) is -3.70. The molecule has 0 radical (unpaired) electrons. The predicted octanol–water partition coefficient (Wildman–Crippen LogP) is 4.07. The van der Waals surface area contributed by atoms with Gasteiger partial charge in [-0.05, 0) is 74.2 Å². The molecule has 0 aliphatic carbocycles. The minimum absolute atomic E-state index is 0.120. The summed E-state index contributed by atoms with van der Waals surface area (Å²) in [6, 6.07) is 10.0. The Morgan fingerprint density at radius 3 is 2.58 bits per heavy atom. The Morgan fingerprint density at radius 2 is 1.87 bits per heavy atom. The van der Waals surface area contributed by atoms with Crippen molar-refractivity contribution in [1.82, 2.24) is 14.5 Å². The van der Waals surface area contributed by atoms with Crippen molar-refractivity contribution in [2.24, 2.45) is 0 Å². The largest absolute Gasteiger partial charge is 0.320 e. The molecule has 1 aliphatic rings. The number of aromatic nitrogens is 2. The van der Waals surface area contributed by atoms with Crippen LogP contribution in [0.5, 0.6) is 0 Å². The Morgan fingerprint density at radius 1 is 1.13 bits per heavy atom. The lowest BCUT2D eigenvalue weighted by molar-refractivity contribution is 0.102. The number of halogens is 1. The normalized spacial score (nSPS) is 17.1. The number of hydrogen-bond acceptors (Lipinski definition) is 6. The van der Waals surface area contributed by atoms with E-state index in [9.17, 15) is 17.6 Å². The lowest BCUT2D eigenvalue weighted by Gasteiger charge is -2.22. The summed E-state index contributed by atoms with van der Waals surface area (Å²) >= 11 is 1.07. The molecule has 0 unspecified atom stereocenters. The molecule has 0 bridgehead atoms. The number of benzene rings is 2. The third-order valence-corrected chi connectivity index (χ3v) is 8.24. The zero-order valence-electron chi connectivity index (χ0n) is 17.0. The van der Waals surface area contributed by atoms with Gasteiger partial charge in [-0.25, -0.2) is 12.8 Å². The number of carbonyl (C=O) groups is 1. The van der Waals surface area contributed by atoms with E-state index in [1.807, 2.05) is 13.8 Å². The van der Waals surface area contributed by atoms with E-state index in [2.05, 4.69) is 15.5 Å². The SMILES string of the molecule is Cc1ccc(S(=O)(=O)N2CCC[C@H]2c2nnc(C(=O)Nc3ccc(F)cc3)s2)cc1C. The lowest BCUT2D eigenvalue weighted by Crippen LogP contribution is -2.30. The number of hydrogen-bond donors (Lipinski definition) is 1. The summed E-state index contributed by atoms with van der Waals surface area (Å²) in [5.41, 5.74) is 2.37. The van der Waals surface area contributed by atoms with Gasteiger partial charge in [0, 0.05) is 12.2 Å². The van der Waals surface area contributed by atoms with Crippen LogP contribution in [-0.2, 0) is 10.0 Å². The summed E-state index contributed by atoms with van der Waals surface area (Å²) in [6.07, 6.45) is 1.31. The highest BCUT2D eigenvalue weighted by Gasteiger charge is 2.38. The minimum atomic E-state index is -3.70. The number of carbonyl (C=O) groups excluding carboxylic acids is 1. The van der Waals surface area contributed by atoms with Gasteiger partial charge in [-0.2, -0.15) is 4.31 Å². The van der Waals surface area contributed by atoms with E-state index < -0.39 is 27.8 Å². The van der Waals surface area contributed by atoms with Crippen molar-refractivity contribution in [3.8, 4) is 0 Å². The first-order valence-electron chi connectivity index (χ1n) is 9.75. The van der Waals surface area contributed by atoms with Crippen LogP contribution in [0.1, 0.15) is 44.8 Å². The first-order valence-corrected chi connectivity index (χ1v) is 12.0. The van der Waals surface area contributed by atoms with Gasteiger partial charge in [0.15, 0.2) is 0 Å². The summed E-state index contributed by atoms with van der Waals surface area (Å²) in [4.78, 5) is 12.7. The van der Waals surface area contributed by atoms with Crippen LogP contribution >= 0.6 is 11.3 Å². The number of anilines is 1. The zero-order chi connectivity index (χ0) is 22.2. The topological polar surface area (TPSA) is 92.3 Å². The maximum atomic E-state index is 13.3. The van der Waals surface area contributed by atoms with Crippen molar-refractivity contribution in [1.29, 1.82) is 0 Å². The molecule has 1 fully saturated rings. The van der Waals surface area contributed by atoms with Crippen molar-refractivity contribution >= 4 is 33.0 Å². The molecule has 1 amide bonds. The summed E-state index contributed by atoms with van der Waals surface area (Å²) in [6.45, 7) is 4.20. The van der Waals surface area contributed by atoms with Crippen LogP contribution in [0.15, 0.2) is 47.4 Å².